The van der Waals surface area contributed by atoms with E-state index in [-0.39, 0.29) is 5.82 Å². The molecule has 0 aromatic heterocycles. The summed E-state index contributed by atoms with van der Waals surface area (Å²) < 4.78 is 14.0. The van der Waals surface area contributed by atoms with Crippen molar-refractivity contribution in [3.05, 3.63) is 34.1 Å². The Bertz CT molecular complexity index is 392. The molecule has 0 saturated heterocycles. The summed E-state index contributed by atoms with van der Waals surface area (Å²) in [5.41, 5.74) is 0.920. The minimum atomic E-state index is -0.238. The van der Waals surface area contributed by atoms with Gasteiger partial charge in [-0.1, -0.05) is 15.9 Å². The van der Waals surface area contributed by atoms with E-state index in [1.807, 2.05) is 6.07 Å². The Morgan fingerprint density at radius 2 is 2.12 bits per heavy atom. The fraction of sp³-hybridized carbons (Fsp3) is 0.462. The van der Waals surface area contributed by atoms with E-state index >= 15 is 0 Å². The van der Waals surface area contributed by atoms with Gasteiger partial charge in [0.25, 0.3) is 0 Å². The Hall–Kier alpha value is -0.920. The van der Waals surface area contributed by atoms with Crippen molar-refractivity contribution < 1.29 is 4.39 Å². The van der Waals surface area contributed by atoms with Crippen molar-refractivity contribution in [3.8, 4) is 6.07 Å². The van der Waals surface area contributed by atoms with E-state index in [4.69, 9.17) is 5.26 Å². The summed E-state index contributed by atoms with van der Waals surface area (Å²) in [6.45, 7) is 5.52. The minimum absolute atomic E-state index is 0.238. The monoisotopic (exact) mass is 298 g/mol. The Kier molecular flexibility index (Phi) is 5.60. The maximum Gasteiger partial charge on any atom is 0.124 e. The van der Waals surface area contributed by atoms with E-state index in [1.165, 1.54) is 12.1 Å². The molecule has 0 heterocycles. The molecule has 0 aliphatic rings. The van der Waals surface area contributed by atoms with Crippen LogP contribution in [0.1, 0.15) is 25.8 Å². The molecule has 0 bridgehead atoms. The third-order valence-corrected chi connectivity index (χ3v) is 3.01. The first-order valence-corrected chi connectivity index (χ1v) is 6.38. The van der Waals surface area contributed by atoms with Crippen LogP contribution >= 0.6 is 15.9 Å². The van der Waals surface area contributed by atoms with Crippen LogP contribution in [-0.4, -0.2) is 17.5 Å². The van der Waals surface area contributed by atoms with Gasteiger partial charge in [-0.05, 0) is 37.6 Å². The van der Waals surface area contributed by atoms with Crippen molar-refractivity contribution >= 4 is 15.9 Å². The zero-order chi connectivity index (χ0) is 12.8. The molecule has 0 unspecified atom stereocenters. The van der Waals surface area contributed by atoms with E-state index in [1.54, 1.807) is 0 Å². The van der Waals surface area contributed by atoms with Crippen LogP contribution in [0.25, 0.3) is 0 Å². The maximum atomic E-state index is 13.2. The molecule has 0 aliphatic heterocycles. The van der Waals surface area contributed by atoms with Crippen LogP contribution in [0.4, 0.5) is 4.39 Å². The number of nitrogens with zero attached hydrogens (tertiary/aromatic N) is 2. The highest BCUT2D eigenvalue weighted by molar-refractivity contribution is 9.10. The molecule has 4 heteroatoms. The van der Waals surface area contributed by atoms with Gasteiger partial charge in [-0.3, -0.25) is 4.90 Å². The summed E-state index contributed by atoms with van der Waals surface area (Å²) in [6.07, 6.45) is 0.495. The van der Waals surface area contributed by atoms with Crippen LogP contribution in [0.5, 0.6) is 0 Å². The molecule has 0 amide bonds. The lowest BCUT2D eigenvalue weighted by atomic mass is 10.2. The van der Waals surface area contributed by atoms with Crippen molar-refractivity contribution in [2.24, 2.45) is 0 Å². The van der Waals surface area contributed by atoms with Crippen LogP contribution in [0.3, 0.4) is 0 Å². The molecular formula is C13H16BrFN2. The average Bonchev–Trinajstić information content (AvgIpc) is 2.22. The lowest BCUT2D eigenvalue weighted by molar-refractivity contribution is 0.217. The zero-order valence-corrected chi connectivity index (χ0v) is 11.7. The third-order valence-electron chi connectivity index (χ3n) is 2.55. The van der Waals surface area contributed by atoms with Gasteiger partial charge in [0.15, 0.2) is 0 Å². The fourth-order valence-corrected chi connectivity index (χ4v) is 2.16. The van der Waals surface area contributed by atoms with Gasteiger partial charge in [-0.25, -0.2) is 4.39 Å². The second-order valence-electron chi connectivity index (χ2n) is 4.25. The van der Waals surface area contributed by atoms with Crippen molar-refractivity contribution in [2.45, 2.75) is 32.9 Å². The number of halogens is 2. The standard InChI is InChI=1S/C13H16BrFN2/c1-10(2)17(5-3-4-16)9-11-6-12(14)8-13(15)7-11/h6-8,10H,3,5,9H2,1-2H3. The first kappa shape index (κ1) is 14.1. The topological polar surface area (TPSA) is 27.0 Å². The summed E-state index contributed by atoms with van der Waals surface area (Å²) in [4.78, 5) is 2.16. The van der Waals surface area contributed by atoms with Crippen LogP contribution in [0.15, 0.2) is 22.7 Å². The highest BCUT2D eigenvalue weighted by Crippen LogP contribution is 2.17. The van der Waals surface area contributed by atoms with Crippen molar-refractivity contribution in [2.75, 3.05) is 6.54 Å². The molecule has 17 heavy (non-hydrogen) atoms. The zero-order valence-electron chi connectivity index (χ0n) is 10.1. The molecule has 0 saturated carbocycles. The summed E-state index contributed by atoms with van der Waals surface area (Å²) in [6, 6.07) is 7.36. The molecular weight excluding hydrogens is 283 g/mol. The molecule has 2 nitrogen and oxygen atoms in total. The van der Waals surface area contributed by atoms with Crippen LogP contribution < -0.4 is 0 Å². The lowest BCUT2D eigenvalue weighted by Crippen LogP contribution is -2.31. The lowest BCUT2D eigenvalue weighted by Gasteiger charge is -2.25. The highest BCUT2D eigenvalue weighted by Gasteiger charge is 2.10. The molecule has 1 aromatic rings. The van der Waals surface area contributed by atoms with Crippen LogP contribution in [-0.2, 0) is 6.54 Å². The highest BCUT2D eigenvalue weighted by atomic mass is 79.9. The second kappa shape index (κ2) is 6.73. The molecule has 0 atom stereocenters. The summed E-state index contributed by atoms with van der Waals surface area (Å²) in [7, 11) is 0. The number of nitriles is 1. The largest absolute Gasteiger partial charge is 0.296 e. The average molecular weight is 299 g/mol. The Labute approximate surface area is 110 Å². The van der Waals surface area contributed by atoms with Crippen molar-refractivity contribution in [1.82, 2.24) is 4.90 Å². The number of benzene rings is 1. The first-order chi connectivity index (χ1) is 8.02. The van der Waals surface area contributed by atoms with E-state index in [9.17, 15) is 4.39 Å². The van der Waals surface area contributed by atoms with Gasteiger partial charge in [0, 0.05) is 30.0 Å². The molecule has 0 spiro atoms. The van der Waals surface area contributed by atoms with Gasteiger partial charge in [0.2, 0.25) is 0 Å². The maximum absolute atomic E-state index is 13.2. The minimum Gasteiger partial charge on any atom is -0.296 e. The van der Waals surface area contributed by atoms with Gasteiger partial charge < -0.3 is 0 Å². The quantitative estimate of drug-likeness (QED) is 0.828. The van der Waals surface area contributed by atoms with Crippen molar-refractivity contribution in [3.63, 3.8) is 0 Å². The summed E-state index contributed by atoms with van der Waals surface area (Å²) in [5.74, 6) is -0.238. The van der Waals surface area contributed by atoms with Gasteiger partial charge in [-0.2, -0.15) is 5.26 Å². The van der Waals surface area contributed by atoms with Gasteiger partial charge in [0.1, 0.15) is 5.82 Å². The normalized spacial score (nSPS) is 10.9. The molecule has 1 rings (SSSR count). The summed E-state index contributed by atoms with van der Waals surface area (Å²) >= 11 is 3.28. The molecule has 0 aliphatic carbocycles. The number of hydrogen-bond acceptors (Lipinski definition) is 2. The first-order valence-electron chi connectivity index (χ1n) is 5.59. The molecule has 1 aromatic carbocycles. The van der Waals surface area contributed by atoms with E-state index in [0.717, 1.165) is 10.0 Å². The van der Waals surface area contributed by atoms with E-state index in [0.29, 0.717) is 25.6 Å². The van der Waals surface area contributed by atoms with Gasteiger partial charge in [-0.15, -0.1) is 0 Å². The molecule has 0 radical (unpaired) electrons. The van der Waals surface area contributed by atoms with E-state index < -0.39 is 0 Å². The Morgan fingerprint density at radius 3 is 2.65 bits per heavy atom. The van der Waals surface area contributed by atoms with Crippen LogP contribution in [0, 0.1) is 17.1 Å². The van der Waals surface area contributed by atoms with Gasteiger partial charge >= 0.3 is 0 Å². The molecule has 0 fully saturated rings. The fourth-order valence-electron chi connectivity index (χ4n) is 1.65. The van der Waals surface area contributed by atoms with Crippen molar-refractivity contribution in [1.29, 1.82) is 5.26 Å². The molecule has 0 N–H and O–H groups in total. The Balaban J connectivity index is 2.75. The second-order valence-corrected chi connectivity index (χ2v) is 5.17. The third kappa shape index (κ3) is 4.84. The smallest absolute Gasteiger partial charge is 0.124 e. The number of rotatable bonds is 5. The summed E-state index contributed by atoms with van der Waals surface area (Å²) in [5, 5.41) is 8.61. The van der Waals surface area contributed by atoms with Gasteiger partial charge in [0.05, 0.1) is 6.07 Å². The van der Waals surface area contributed by atoms with E-state index in [2.05, 4.69) is 40.7 Å². The predicted octanol–water partition coefficient (Wildman–Crippen LogP) is 3.71. The molecule has 92 valence electrons. The Morgan fingerprint density at radius 1 is 1.41 bits per heavy atom. The predicted molar refractivity (Wildman–Crippen MR) is 69.9 cm³/mol. The SMILES string of the molecule is CC(C)N(CCC#N)Cc1cc(F)cc(Br)c1. The van der Waals surface area contributed by atoms with Crippen LogP contribution in [0.2, 0.25) is 0 Å². The number of hydrogen-bond donors (Lipinski definition) is 0.